The van der Waals surface area contributed by atoms with E-state index in [9.17, 15) is 21.6 Å². The van der Waals surface area contributed by atoms with Gasteiger partial charge in [0.15, 0.2) is 0 Å². The smallest absolute Gasteiger partial charge is 0.376 e. The zero-order chi connectivity index (χ0) is 22.8. The third kappa shape index (κ3) is 5.55. The lowest BCUT2D eigenvalue weighted by atomic mass is 10.1. The maximum atomic E-state index is 12.2. The van der Waals surface area contributed by atoms with E-state index in [0.29, 0.717) is 5.39 Å². The normalized spacial score (nSPS) is 11.8. The molecule has 0 N–H and O–H groups in total. The standard InChI is InChI=1S/C12H9F3O3S.C12H12/c1-8-2-3-9-4-5-11(7-10(9)6-8)18-19(16,17)12(13,14)15;1-9-3-5-11-6-4-10(2)8-12(11)7-9/h2-7H,1H3;3-8H,1-2H3. The molecule has 0 spiro atoms. The van der Waals surface area contributed by atoms with Gasteiger partial charge in [-0.05, 0) is 54.4 Å². The Morgan fingerprint density at radius 1 is 0.613 bits per heavy atom. The van der Waals surface area contributed by atoms with Gasteiger partial charge in [-0.3, -0.25) is 0 Å². The zero-order valence-corrected chi connectivity index (χ0v) is 18.0. The van der Waals surface area contributed by atoms with E-state index in [0.717, 1.165) is 10.9 Å². The molecule has 0 heterocycles. The highest BCUT2D eigenvalue weighted by atomic mass is 32.2. The number of fused-ring (bicyclic) bond motifs is 2. The van der Waals surface area contributed by atoms with Gasteiger partial charge in [-0.1, -0.05) is 77.4 Å². The SMILES string of the molecule is Cc1ccc2ccc(C)cc2c1.Cc1ccc2ccc(OS(=O)(=O)C(F)(F)F)cc2c1. The number of rotatable bonds is 2. The second-order valence-corrected chi connectivity index (χ2v) is 8.89. The Morgan fingerprint density at radius 3 is 1.42 bits per heavy atom. The summed E-state index contributed by atoms with van der Waals surface area (Å²) >= 11 is 0. The van der Waals surface area contributed by atoms with Crippen molar-refractivity contribution in [1.82, 2.24) is 0 Å². The number of hydrogen-bond acceptors (Lipinski definition) is 3. The molecular formula is C24H21F3O3S. The van der Waals surface area contributed by atoms with Crippen LogP contribution >= 0.6 is 0 Å². The Balaban J connectivity index is 0.000000194. The molecule has 0 saturated heterocycles. The molecule has 0 aliphatic heterocycles. The molecule has 7 heteroatoms. The lowest BCUT2D eigenvalue weighted by molar-refractivity contribution is -0.0500. The Bertz CT molecular complexity index is 1310. The molecule has 4 aromatic carbocycles. The molecule has 162 valence electrons. The molecule has 0 radical (unpaired) electrons. The first-order chi connectivity index (χ1) is 14.4. The molecule has 0 atom stereocenters. The van der Waals surface area contributed by atoms with Crippen molar-refractivity contribution in [1.29, 1.82) is 0 Å². The molecule has 4 rings (SSSR count). The van der Waals surface area contributed by atoms with Crippen LogP contribution in [0.25, 0.3) is 21.5 Å². The van der Waals surface area contributed by atoms with Gasteiger partial charge >= 0.3 is 15.6 Å². The van der Waals surface area contributed by atoms with E-state index in [2.05, 4.69) is 54.4 Å². The maximum absolute atomic E-state index is 12.2. The lowest BCUT2D eigenvalue weighted by Gasteiger charge is -2.10. The average Bonchev–Trinajstić information content (AvgIpc) is 2.66. The molecule has 0 unspecified atom stereocenters. The molecule has 0 bridgehead atoms. The van der Waals surface area contributed by atoms with Gasteiger partial charge in [0.2, 0.25) is 0 Å². The second-order valence-electron chi connectivity index (χ2n) is 7.35. The number of halogens is 3. The van der Waals surface area contributed by atoms with Crippen LogP contribution in [0.3, 0.4) is 0 Å². The predicted molar refractivity (Wildman–Crippen MR) is 118 cm³/mol. The van der Waals surface area contributed by atoms with E-state index in [1.807, 2.05) is 13.0 Å². The Labute approximate surface area is 179 Å². The molecule has 0 aromatic heterocycles. The van der Waals surface area contributed by atoms with Crippen LogP contribution in [0, 0.1) is 20.8 Å². The molecule has 0 fully saturated rings. The first-order valence-electron chi connectivity index (χ1n) is 9.43. The Morgan fingerprint density at radius 2 is 1.00 bits per heavy atom. The highest BCUT2D eigenvalue weighted by Gasteiger charge is 2.48. The summed E-state index contributed by atoms with van der Waals surface area (Å²) in [5.74, 6) is -0.365. The summed E-state index contributed by atoms with van der Waals surface area (Å²) in [6.45, 7) is 6.07. The van der Waals surface area contributed by atoms with Crippen LogP contribution in [0.4, 0.5) is 13.2 Å². The van der Waals surface area contributed by atoms with Gasteiger partial charge in [0, 0.05) is 0 Å². The second kappa shape index (κ2) is 8.59. The van der Waals surface area contributed by atoms with Crippen molar-refractivity contribution in [2.75, 3.05) is 0 Å². The third-order valence-corrected chi connectivity index (χ3v) is 5.59. The fourth-order valence-electron chi connectivity index (χ4n) is 3.06. The van der Waals surface area contributed by atoms with Crippen molar-refractivity contribution >= 4 is 31.7 Å². The minimum atomic E-state index is -5.63. The number of alkyl halides is 3. The van der Waals surface area contributed by atoms with Gasteiger partial charge in [-0.15, -0.1) is 0 Å². The number of aryl methyl sites for hydroxylation is 3. The molecule has 0 aliphatic carbocycles. The van der Waals surface area contributed by atoms with E-state index in [1.54, 1.807) is 12.1 Å². The molecule has 4 aromatic rings. The van der Waals surface area contributed by atoms with Crippen LogP contribution in [-0.4, -0.2) is 13.9 Å². The van der Waals surface area contributed by atoms with Crippen LogP contribution in [0.15, 0.2) is 72.8 Å². The van der Waals surface area contributed by atoms with Crippen molar-refractivity contribution in [2.45, 2.75) is 26.3 Å². The molecular weight excluding hydrogens is 425 g/mol. The van der Waals surface area contributed by atoms with E-state index in [1.165, 1.54) is 40.1 Å². The van der Waals surface area contributed by atoms with Crippen molar-refractivity contribution in [2.24, 2.45) is 0 Å². The van der Waals surface area contributed by atoms with E-state index >= 15 is 0 Å². The quantitative estimate of drug-likeness (QED) is 0.250. The molecule has 0 amide bonds. The van der Waals surface area contributed by atoms with Crippen LogP contribution in [-0.2, 0) is 10.1 Å². The van der Waals surface area contributed by atoms with Crippen molar-refractivity contribution in [3.8, 4) is 5.75 Å². The van der Waals surface area contributed by atoms with Gasteiger partial charge < -0.3 is 4.18 Å². The van der Waals surface area contributed by atoms with E-state index < -0.39 is 15.6 Å². The minimum absolute atomic E-state index is 0.365. The topological polar surface area (TPSA) is 43.4 Å². The summed E-state index contributed by atoms with van der Waals surface area (Å²) in [4.78, 5) is 0. The third-order valence-electron chi connectivity index (χ3n) is 4.61. The molecule has 3 nitrogen and oxygen atoms in total. The van der Waals surface area contributed by atoms with Gasteiger partial charge in [0.25, 0.3) is 0 Å². The van der Waals surface area contributed by atoms with Crippen molar-refractivity contribution < 1.29 is 25.8 Å². The van der Waals surface area contributed by atoms with Crippen molar-refractivity contribution in [3.63, 3.8) is 0 Å². The molecule has 0 saturated carbocycles. The Hall–Kier alpha value is -3.06. The summed E-state index contributed by atoms with van der Waals surface area (Å²) < 4.78 is 62.4. The van der Waals surface area contributed by atoms with Gasteiger partial charge in [0.05, 0.1) is 0 Å². The Kier molecular flexibility index (Phi) is 6.27. The number of benzene rings is 4. The van der Waals surface area contributed by atoms with Gasteiger partial charge in [0.1, 0.15) is 5.75 Å². The van der Waals surface area contributed by atoms with E-state index in [-0.39, 0.29) is 5.75 Å². The highest BCUT2D eigenvalue weighted by Crippen LogP contribution is 2.29. The van der Waals surface area contributed by atoms with Crippen LogP contribution in [0.2, 0.25) is 0 Å². The first-order valence-corrected chi connectivity index (χ1v) is 10.8. The monoisotopic (exact) mass is 446 g/mol. The highest BCUT2D eigenvalue weighted by molar-refractivity contribution is 7.88. The number of hydrogen-bond donors (Lipinski definition) is 0. The summed E-state index contributed by atoms with van der Waals surface area (Å²) in [5.41, 5.74) is -1.88. The van der Waals surface area contributed by atoms with Gasteiger partial charge in [-0.25, -0.2) is 0 Å². The van der Waals surface area contributed by atoms with Crippen LogP contribution in [0.1, 0.15) is 16.7 Å². The summed E-state index contributed by atoms with van der Waals surface area (Å²) in [6, 6.07) is 22.4. The maximum Gasteiger partial charge on any atom is 0.534 e. The summed E-state index contributed by atoms with van der Waals surface area (Å²) in [6.07, 6.45) is 0. The predicted octanol–water partition coefficient (Wildman–Crippen LogP) is 6.83. The fraction of sp³-hybridized carbons (Fsp3) is 0.167. The van der Waals surface area contributed by atoms with Crippen LogP contribution in [0.5, 0.6) is 5.75 Å². The van der Waals surface area contributed by atoms with Crippen LogP contribution < -0.4 is 4.18 Å². The van der Waals surface area contributed by atoms with Gasteiger partial charge in [-0.2, -0.15) is 21.6 Å². The minimum Gasteiger partial charge on any atom is -0.376 e. The molecule has 31 heavy (non-hydrogen) atoms. The lowest BCUT2D eigenvalue weighted by Crippen LogP contribution is -2.28. The molecule has 0 aliphatic rings. The average molecular weight is 446 g/mol. The largest absolute Gasteiger partial charge is 0.534 e. The summed E-state index contributed by atoms with van der Waals surface area (Å²) in [7, 11) is -5.63. The first kappa shape index (κ1) is 22.6. The zero-order valence-electron chi connectivity index (χ0n) is 17.2. The fourth-order valence-corrected chi connectivity index (χ4v) is 3.51. The summed E-state index contributed by atoms with van der Waals surface area (Å²) in [5, 5.41) is 4.05. The van der Waals surface area contributed by atoms with Crippen molar-refractivity contribution in [3.05, 3.63) is 89.5 Å². The van der Waals surface area contributed by atoms with E-state index in [4.69, 9.17) is 0 Å².